The third-order valence-corrected chi connectivity index (χ3v) is 6.22. The van der Waals surface area contributed by atoms with Crippen molar-refractivity contribution < 1.29 is 14.7 Å². The van der Waals surface area contributed by atoms with Crippen molar-refractivity contribution in [1.29, 1.82) is 0 Å². The lowest BCUT2D eigenvalue weighted by Crippen LogP contribution is -2.41. The molecular formula is C24H24N8O4. The van der Waals surface area contributed by atoms with Crippen LogP contribution in [-0.4, -0.2) is 58.0 Å². The number of hydrogen-bond donors (Lipinski definition) is 2. The van der Waals surface area contributed by atoms with Crippen molar-refractivity contribution in [2.45, 2.75) is 38.9 Å². The van der Waals surface area contributed by atoms with Crippen LogP contribution in [0, 0.1) is 6.92 Å². The maximum atomic E-state index is 13.2. The maximum Gasteiger partial charge on any atom is 0.296 e. The summed E-state index contributed by atoms with van der Waals surface area (Å²) in [7, 11) is 1.57. The van der Waals surface area contributed by atoms with Gasteiger partial charge in [0, 0.05) is 32.5 Å². The second-order valence-electron chi connectivity index (χ2n) is 8.67. The monoisotopic (exact) mass is 488 g/mol. The van der Waals surface area contributed by atoms with Gasteiger partial charge in [0.1, 0.15) is 5.82 Å². The second-order valence-corrected chi connectivity index (χ2v) is 8.67. The van der Waals surface area contributed by atoms with Gasteiger partial charge in [-0.05, 0) is 31.4 Å². The number of fused-ring (bicyclic) bond motifs is 2. The van der Waals surface area contributed by atoms with E-state index < -0.39 is 29.2 Å². The summed E-state index contributed by atoms with van der Waals surface area (Å²) < 4.78 is 2.70. The normalized spacial score (nSPS) is 14.9. The van der Waals surface area contributed by atoms with E-state index in [1.165, 1.54) is 14.0 Å². The van der Waals surface area contributed by atoms with Gasteiger partial charge in [-0.2, -0.15) is 4.98 Å². The number of carbonyl (C=O) groups is 2. The molecule has 0 aliphatic carbocycles. The number of rotatable bonds is 5. The summed E-state index contributed by atoms with van der Waals surface area (Å²) >= 11 is 0. The van der Waals surface area contributed by atoms with Gasteiger partial charge in [-0.3, -0.25) is 19.0 Å². The Kier molecular flexibility index (Phi) is 5.92. The van der Waals surface area contributed by atoms with Gasteiger partial charge in [-0.15, -0.1) is 5.10 Å². The topological polar surface area (TPSA) is 148 Å². The minimum Gasteiger partial charge on any atom is -0.501 e. The van der Waals surface area contributed by atoms with Crippen LogP contribution in [0.5, 0.6) is 5.75 Å². The summed E-state index contributed by atoms with van der Waals surface area (Å²) in [4.78, 5) is 53.0. The van der Waals surface area contributed by atoms with Crippen LogP contribution in [0.1, 0.15) is 56.9 Å². The van der Waals surface area contributed by atoms with Crippen LogP contribution in [0.2, 0.25) is 0 Å². The number of aryl methyl sites for hydroxylation is 1. The first-order valence-corrected chi connectivity index (χ1v) is 11.5. The molecule has 1 atom stereocenters. The lowest BCUT2D eigenvalue weighted by molar-refractivity contribution is 0.0681. The van der Waals surface area contributed by atoms with Crippen LogP contribution < -0.4 is 10.9 Å². The van der Waals surface area contributed by atoms with E-state index in [4.69, 9.17) is 0 Å². The van der Waals surface area contributed by atoms with Crippen LogP contribution in [0.25, 0.3) is 5.78 Å². The molecule has 0 spiro atoms. The fraction of sp³-hybridized carbons (Fsp3) is 0.292. The van der Waals surface area contributed by atoms with Gasteiger partial charge in [0.2, 0.25) is 11.6 Å². The molecule has 1 unspecified atom stereocenters. The third-order valence-electron chi connectivity index (χ3n) is 6.22. The fourth-order valence-electron chi connectivity index (χ4n) is 4.22. The number of aromatic hydroxyl groups is 1. The SMILES string of the molecule is Cc1ccc(CNC(=O)c2nc3n(c(=O)c2O)CCCC3N(C)C(=O)c2nc3ncccn3n2)cc1. The Morgan fingerprint density at radius 1 is 1.22 bits per heavy atom. The Hall–Kier alpha value is -4.61. The molecule has 12 heteroatoms. The van der Waals surface area contributed by atoms with Crippen LogP contribution in [0.4, 0.5) is 0 Å². The zero-order valence-electron chi connectivity index (χ0n) is 19.7. The van der Waals surface area contributed by atoms with E-state index in [-0.39, 0.29) is 29.7 Å². The third kappa shape index (κ3) is 4.17. The molecule has 0 radical (unpaired) electrons. The van der Waals surface area contributed by atoms with Crippen molar-refractivity contribution in [3.63, 3.8) is 0 Å². The summed E-state index contributed by atoms with van der Waals surface area (Å²) in [5.74, 6) is -1.42. The van der Waals surface area contributed by atoms with Gasteiger partial charge in [-0.1, -0.05) is 29.8 Å². The molecule has 0 fully saturated rings. The van der Waals surface area contributed by atoms with Crippen molar-refractivity contribution in [3.8, 4) is 5.75 Å². The number of hydrogen-bond acceptors (Lipinski definition) is 8. The number of nitrogens with zero attached hydrogens (tertiary/aromatic N) is 7. The van der Waals surface area contributed by atoms with Gasteiger partial charge in [-0.25, -0.2) is 14.5 Å². The van der Waals surface area contributed by atoms with Crippen LogP contribution in [0.15, 0.2) is 47.5 Å². The average Bonchev–Trinajstić information content (AvgIpc) is 3.33. The van der Waals surface area contributed by atoms with E-state index in [1.807, 2.05) is 31.2 Å². The lowest BCUT2D eigenvalue weighted by atomic mass is 10.0. The van der Waals surface area contributed by atoms with E-state index >= 15 is 0 Å². The number of amides is 2. The fourth-order valence-corrected chi connectivity index (χ4v) is 4.22. The summed E-state index contributed by atoms with van der Waals surface area (Å²) in [6, 6.07) is 8.66. The van der Waals surface area contributed by atoms with Crippen LogP contribution >= 0.6 is 0 Å². The number of nitrogens with one attached hydrogen (secondary N) is 1. The molecule has 2 N–H and O–H groups in total. The summed E-state index contributed by atoms with van der Waals surface area (Å²) in [6.07, 6.45) is 4.27. The molecule has 0 saturated carbocycles. The predicted octanol–water partition coefficient (Wildman–Crippen LogP) is 1.23. The molecule has 4 aromatic rings. The van der Waals surface area contributed by atoms with Crippen molar-refractivity contribution in [2.75, 3.05) is 7.05 Å². The Balaban J connectivity index is 1.43. The summed E-state index contributed by atoms with van der Waals surface area (Å²) in [5, 5.41) is 17.4. The molecule has 4 heterocycles. The first-order valence-electron chi connectivity index (χ1n) is 11.5. The number of aromatic nitrogens is 6. The minimum atomic E-state index is -0.721. The summed E-state index contributed by atoms with van der Waals surface area (Å²) in [6.45, 7) is 2.48. The van der Waals surface area contributed by atoms with E-state index in [0.29, 0.717) is 19.4 Å². The van der Waals surface area contributed by atoms with Gasteiger partial charge in [0.25, 0.3) is 23.2 Å². The molecule has 0 saturated heterocycles. The maximum absolute atomic E-state index is 13.2. The Morgan fingerprint density at radius 3 is 2.75 bits per heavy atom. The molecule has 0 bridgehead atoms. The van der Waals surface area contributed by atoms with E-state index in [0.717, 1.165) is 11.1 Å². The zero-order chi connectivity index (χ0) is 25.4. The first kappa shape index (κ1) is 23.1. The molecule has 36 heavy (non-hydrogen) atoms. The van der Waals surface area contributed by atoms with Crippen molar-refractivity contribution in [2.24, 2.45) is 0 Å². The molecule has 184 valence electrons. The Morgan fingerprint density at radius 2 is 2.00 bits per heavy atom. The van der Waals surface area contributed by atoms with Gasteiger partial charge in [0.15, 0.2) is 5.69 Å². The molecular weight excluding hydrogens is 464 g/mol. The largest absolute Gasteiger partial charge is 0.501 e. The highest BCUT2D eigenvalue weighted by Gasteiger charge is 2.33. The molecule has 5 rings (SSSR count). The van der Waals surface area contributed by atoms with Gasteiger partial charge >= 0.3 is 0 Å². The van der Waals surface area contributed by atoms with E-state index in [9.17, 15) is 19.5 Å². The first-order chi connectivity index (χ1) is 17.3. The standard InChI is InChI=1S/C24H24N8O4/c1-14-6-8-15(9-7-14)13-26-21(34)17-18(33)22(35)31-11-3-5-16(20(31)27-17)30(2)23(36)19-28-24-25-10-4-12-32(24)29-19/h4,6-10,12,16,33H,3,5,11,13H2,1-2H3,(H,26,34). The van der Waals surface area contributed by atoms with E-state index in [2.05, 4.69) is 25.4 Å². The second kappa shape index (κ2) is 9.21. The van der Waals surface area contributed by atoms with Crippen molar-refractivity contribution in [3.05, 3.63) is 81.5 Å². The molecule has 3 aromatic heterocycles. The zero-order valence-corrected chi connectivity index (χ0v) is 19.7. The molecule has 12 nitrogen and oxygen atoms in total. The Bertz CT molecular complexity index is 1490. The predicted molar refractivity (Wildman–Crippen MR) is 127 cm³/mol. The van der Waals surface area contributed by atoms with Crippen molar-refractivity contribution in [1.82, 2.24) is 39.3 Å². The van der Waals surface area contributed by atoms with Crippen molar-refractivity contribution >= 4 is 17.6 Å². The van der Waals surface area contributed by atoms with E-state index in [1.54, 1.807) is 25.5 Å². The molecule has 1 aliphatic heterocycles. The highest BCUT2D eigenvalue weighted by Crippen LogP contribution is 2.29. The van der Waals surface area contributed by atoms with Crippen LogP contribution in [0.3, 0.4) is 0 Å². The Labute approximate surface area is 205 Å². The summed E-state index contributed by atoms with van der Waals surface area (Å²) in [5.41, 5.74) is 0.856. The van der Waals surface area contributed by atoms with Gasteiger partial charge < -0.3 is 15.3 Å². The van der Waals surface area contributed by atoms with Gasteiger partial charge in [0.05, 0.1) is 6.04 Å². The average molecular weight is 489 g/mol. The lowest BCUT2D eigenvalue weighted by Gasteiger charge is -2.32. The smallest absolute Gasteiger partial charge is 0.296 e. The number of benzene rings is 1. The molecule has 2 amide bonds. The molecule has 1 aromatic carbocycles. The minimum absolute atomic E-state index is 0.0505. The highest BCUT2D eigenvalue weighted by atomic mass is 16.3. The quantitative estimate of drug-likeness (QED) is 0.426. The molecule has 1 aliphatic rings. The number of carbonyl (C=O) groups excluding carboxylic acids is 2. The highest BCUT2D eigenvalue weighted by molar-refractivity contribution is 5.94. The van der Waals surface area contributed by atoms with Crippen LogP contribution in [-0.2, 0) is 13.1 Å².